The maximum atomic E-state index is 11.5. The number of carbonyl (C=O) groups excluding carboxylic acids is 1. The van der Waals surface area contributed by atoms with E-state index in [-0.39, 0.29) is 17.2 Å². The zero-order valence-electron chi connectivity index (χ0n) is 8.66. The Morgan fingerprint density at radius 1 is 1.47 bits per heavy atom. The van der Waals surface area contributed by atoms with E-state index in [1.54, 1.807) is 0 Å². The number of carboxylic acids is 1. The third kappa shape index (κ3) is 2.12. The molecule has 1 saturated carbocycles. The summed E-state index contributed by atoms with van der Waals surface area (Å²) >= 11 is 0. The zero-order valence-corrected chi connectivity index (χ0v) is 8.66. The molecule has 2 fully saturated rings. The lowest BCUT2D eigenvalue weighted by Gasteiger charge is -2.38. The predicted octanol–water partition coefficient (Wildman–Crippen LogP) is -0.140. The van der Waals surface area contributed by atoms with E-state index >= 15 is 0 Å². The summed E-state index contributed by atoms with van der Waals surface area (Å²) in [6.45, 7) is 3.95. The number of carboxylic acid groups (broad SMARTS) is 1. The van der Waals surface area contributed by atoms with Crippen molar-refractivity contribution in [1.82, 2.24) is 5.32 Å². The van der Waals surface area contributed by atoms with Crippen LogP contribution in [0.25, 0.3) is 0 Å². The van der Waals surface area contributed by atoms with Crippen LogP contribution in [0.2, 0.25) is 0 Å². The van der Waals surface area contributed by atoms with Crippen LogP contribution in [0.1, 0.15) is 13.3 Å². The molecule has 1 aliphatic carbocycles. The fourth-order valence-electron chi connectivity index (χ4n) is 1.74. The molecule has 1 saturated heterocycles. The summed E-state index contributed by atoms with van der Waals surface area (Å²) in [7, 11) is 0. The summed E-state index contributed by atoms with van der Waals surface area (Å²) in [5.41, 5.74) is 0.0449. The van der Waals surface area contributed by atoms with Crippen LogP contribution in [0, 0.1) is 17.3 Å². The quantitative estimate of drug-likeness (QED) is 0.681. The van der Waals surface area contributed by atoms with Crippen molar-refractivity contribution in [3.8, 4) is 0 Å². The molecular weight excluding hydrogens is 198 g/mol. The van der Waals surface area contributed by atoms with Gasteiger partial charge in [0.2, 0.25) is 5.91 Å². The van der Waals surface area contributed by atoms with Crippen LogP contribution < -0.4 is 5.32 Å². The molecule has 0 aromatic rings. The molecule has 84 valence electrons. The van der Waals surface area contributed by atoms with Crippen LogP contribution in [0.4, 0.5) is 0 Å². The van der Waals surface area contributed by atoms with Crippen molar-refractivity contribution in [1.29, 1.82) is 0 Å². The van der Waals surface area contributed by atoms with Crippen LogP contribution >= 0.6 is 0 Å². The second-order valence-corrected chi connectivity index (χ2v) is 4.81. The molecule has 1 amide bonds. The minimum atomic E-state index is -0.867. The first-order valence-electron chi connectivity index (χ1n) is 5.10. The minimum absolute atomic E-state index is 0.0449. The molecule has 5 nitrogen and oxygen atoms in total. The van der Waals surface area contributed by atoms with E-state index in [2.05, 4.69) is 5.32 Å². The van der Waals surface area contributed by atoms with Gasteiger partial charge >= 0.3 is 5.97 Å². The van der Waals surface area contributed by atoms with Crippen molar-refractivity contribution < 1.29 is 19.4 Å². The Hall–Kier alpha value is -1.10. The molecule has 0 unspecified atom stereocenters. The molecule has 1 heterocycles. The molecule has 2 atom stereocenters. The van der Waals surface area contributed by atoms with Crippen molar-refractivity contribution in [2.45, 2.75) is 13.3 Å². The summed E-state index contributed by atoms with van der Waals surface area (Å²) in [4.78, 5) is 22.0. The van der Waals surface area contributed by atoms with E-state index in [1.165, 1.54) is 0 Å². The van der Waals surface area contributed by atoms with E-state index in [1.807, 2.05) is 6.92 Å². The molecule has 5 heteroatoms. The number of rotatable bonds is 4. The van der Waals surface area contributed by atoms with Gasteiger partial charge in [-0.2, -0.15) is 0 Å². The van der Waals surface area contributed by atoms with Crippen LogP contribution in [0.5, 0.6) is 0 Å². The number of ether oxygens (including phenoxy) is 1. The van der Waals surface area contributed by atoms with E-state index in [0.29, 0.717) is 26.2 Å². The van der Waals surface area contributed by atoms with Crippen molar-refractivity contribution in [3.05, 3.63) is 0 Å². The average molecular weight is 213 g/mol. The topological polar surface area (TPSA) is 75.6 Å². The molecule has 1 aliphatic heterocycles. The van der Waals surface area contributed by atoms with Gasteiger partial charge in [0, 0.05) is 12.0 Å². The lowest BCUT2D eigenvalue weighted by atomic mass is 9.89. The van der Waals surface area contributed by atoms with Gasteiger partial charge in [-0.15, -0.1) is 0 Å². The SMILES string of the molecule is CC1(CNC(=O)[C@@H]2C[C@@H]2C(=O)O)COC1. The summed E-state index contributed by atoms with van der Waals surface area (Å²) in [6.07, 6.45) is 0.481. The fraction of sp³-hybridized carbons (Fsp3) is 0.800. The highest BCUT2D eigenvalue weighted by Gasteiger charge is 2.48. The average Bonchev–Trinajstić information content (AvgIpc) is 2.90. The number of amides is 1. The first-order chi connectivity index (χ1) is 7.02. The molecule has 15 heavy (non-hydrogen) atoms. The van der Waals surface area contributed by atoms with Gasteiger partial charge in [-0.1, -0.05) is 6.92 Å². The second kappa shape index (κ2) is 3.48. The Labute approximate surface area is 87.8 Å². The maximum absolute atomic E-state index is 11.5. The minimum Gasteiger partial charge on any atom is -0.481 e. The molecule has 2 aliphatic rings. The largest absolute Gasteiger partial charge is 0.481 e. The van der Waals surface area contributed by atoms with Gasteiger partial charge in [-0.3, -0.25) is 9.59 Å². The van der Waals surface area contributed by atoms with E-state index in [9.17, 15) is 9.59 Å². The Balaban J connectivity index is 1.72. The van der Waals surface area contributed by atoms with Gasteiger partial charge in [0.05, 0.1) is 25.0 Å². The molecule has 2 N–H and O–H groups in total. The maximum Gasteiger partial charge on any atom is 0.307 e. The second-order valence-electron chi connectivity index (χ2n) is 4.81. The summed E-state index contributed by atoms with van der Waals surface area (Å²) < 4.78 is 5.06. The number of hydrogen-bond acceptors (Lipinski definition) is 3. The standard InChI is InChI=1S/C10H15NO4/c1-10(4-15-5-10)3-11-8(12)6-2-7(6)9(13)14/h6-7H,2-5H2,1H3,(H,11,12)(H,13,14)/t6-,7+/m1/s1. The smallest absolute Gasteiger partial charge is 0.307 e. The van der Waals surface area contributed by atoms with Gasteiger partial charge < -0.3 is 15.2 Å². The first-order valence-corrected chi connectivity index (χ1v) is 5.10. The third-order valence-corrected chi connectivity index (χ3v) is 3.03. The lowest BCUT2D eigenvalue weighted by Crippen LogP contribution is -2.49. The zero-order chi connectivity index (χ0) is 11.1. The highest BCUT2D eigenvalue weighted by atomic mass is 16.5. The molecule has 0 radical (unpaired) electrons. The Kier molecular flexibility index (Phi) is 2.42. The molecule has 0 spiro atoms. The Bertz CT molecular complexity index is 298. The monoisotopic (exact) mass is 213 g/mol. The number of aliphatic carboxylic acids is 1. The normalized spacial score (nSPS) is 31.5. The van der Waals surface area contributed by atoms with Gasteiger partial charge in [0.15, 0.2) is 0 Å². The number of carbonyl (C=O) groups is 2. The first kappa shape index (κ1) is 10.4. The molecule has 0 aromatic heterocycles. The van der Waals surface area contributed by atoms with Crippen molar-refractivity contribution in [2.24, 2.45) is 17.3 Å². The summed E-state index contributed by atoms with van der Waals surface area (Å²) in [5, 5.41) is 11.4. The van der Waals surface area contributed by atoms with Crippen LogP contribution in [-0.4, -0.2) is 36.7 Å². The fourth-order valence-corrected chi connectivity index (χ4v) is 1.74. The Morgan fingerprint density at radius 2 is 2.13 bits per heavy atom. The highest BCUT2D eigenvalue weighted by Crippen LogP contribution is 2.38. The molecular formula is C10H15NO4. The number of hydrogen-bond donors (Lipinski definition) is 2. The molecule has 0 aromatic carbocycles. The van der Waals surface area contributed by atoms with Crippen LogP contribution in [-0.2, 0) is 14.3 Å². The molecule has 0 bridgehead atoms. The van der Waals surface area contributed by atoms with Crippen LogP contribution in [0.3, 0.4) is 0 Å². The summed E-state index contributed by atoms with van der Waals surface area (Å²) in [5.74, 6) is -1.77. The lowest BCUT2D eigenvalue weighted by molar-refractivity contribution is -0.140. The van der Waals surface area contributed by atoms with Gasteiger partial charge in [-0.05, 0) is 6.42 Å². The van der Waals surface area contributed by atoms with Gasteiger partial charge in [0.1, 0.15) is 0 Å². The van der Waals surface area contributed by atoms with Crippen molar-refractivity contribution >= 4 is 11.9 Å². The van der Waals surface area contributed by atoms with E-state index in [4.69, 9.17) is 9.84 Å². The van der Waals surface area contributed by atoms with Gasteiger partial charge in [-0.25, -0.2) is 0 Å². The third-order valence-electron chi connectivity index (χ3n) is 3.03. The molecule has 2 rings (SSSR count). The number of nitrogens with one attached hydrogen (secondary N) is 1. The van der Waals surface area contributed by atoms with Gasteiger partial charge in [0.25, 0.3) is 0 Å². The van der Waals surface area contributed by atoms with E-state index in [0.717, 1.165) is 0 Å². The Morgan fingerprint density at radius 3 is 2.53 bits per heavy atom. The predicted molar refractivity (Wildman–Crippen MR) is 51.2 cm³/mol. The van der Waals surface area contributed by atoms with E-state index < -0.39 is 11.9 Å². The van der Waals surface area contributed by atoms with Crippen LogP contribution in [0.15, 0.2) is 0 Å². The highest BCUT2D eigenvalue weighted by molar-refractivity contribution is 5.89. The van der Waals surface area contributed by atoms with Crippen molar-refractivity contribution in [2.75, 3.05) is 19.8 Å². The van der Waals surface area contributed by atoms with Crippen molar-refractivity contribution in [3.63, 3.8) is 0 Å². The summed E-state index contributed by atoms with van der Waals surface area (Å²) in [6, 6.07) is 0.